The van der Waals surface area contributed by atoms with E-state index < -0.39 is 5.54 Å². The van der Waals surface area contributed by atoms with E-state index in [9.17, 15) is 4.79 Å². The van der Waals surface area contributed by atoms with Crippen molar-refractivity contribution in [2.75, 3.05) is 4.90 Å². The predicted molar refractivity (Wildman–Crippen MR) is 127 cm³/mol. The van der Waals surface area contributed by atoms with E-state index in [1.165, 1.54) is 4.88 Å². The third-order valence-corrected chi connectivity index (χ3v) is 8.96. The molecule has 2 heterocycles. The lowest BCUT2D eigenvalue weighted by atomic mass is 9.86. The van der Waals surface area contributed by atoms with Crippen molar-refractivity contribution in [2.45, 2.75) is 26.3 Å². The molecule has 0 aliphatic carbocycles. The van der Waals surface area contributed by atoms with Crippen LogP contribution in [0.15, 0.2) is 60.7 Å². The first-order valence-corrected chi connectivity index (χ1v) is 12.0. The van der Waals surface area contributed by atoms with Gasteiger partial charge in [0.15, 0.2) is 0 Å². The average molecular weight is 434 g/mol. The molecule has 3 aromatic carbocycles. The van der Waals surface area contributed by atoms with Gasteiger partial charge in [0.25, 0.3) is 5.91 Å². The third-order valence-electron chi connectivity index (χ3n) is 5.63. The van der Waals surface area contributed by atoms with E-state index in [0.717, 1.165) is 42.5 Å². The van der Waals surface area contributed by atoms with Crippen LogP contribution in [0.5, 0.6) is 0 Å². The molecule has 1 aliphatic heterocycles. The molecule has 0 unspecified atom stereocenters. The van der Waals surface area contributed by atoms with Gasteiger partial charge < -0.3 is 0 Å². The minimum Gasteiger partial charge on any atom is -0.297 e. The smallest absolute Gasteiger partial charge is 0.259 e. The van der Waals surface area contributed by atoms with Gasteiger partial charge in [-0.2, -0.15) is 0 Å². The summed E-state index contributed by atoms with van der Waals surface area (Å²) < 4.78 is 0.905. The lowest BCUT2D eigenvalue weighted by Gasteiger charge is -2.43. The molecule has 0 atom stereocenters. The molecule has 0 spiro atoms. The largest absolute Gasteiger partial charge is 0.297 e. The number of hydrogen-bond acceptors (Lipinski definition) is 4. The van der Waals surface area contributed by atoms with Crippen molar-refractivity contribution in [2.24, 2.45) is 0 Å². The van der Waals surface area contributed by atoms with Gasteiger partial charge in [-0.05, 0) is 49.7 Å². The highest BCUT2D eigenvalue weighted by molar-refractivity contribution is 7.80. The highest BCUT2D eigenvalue weighted by atomic mass is 32.9. The van der Waals surface area contributed by atoms with E-state index in [0.29, 0.717) is 0 Å². The Morgan fingerprint density at radius 2 is 1.76 bits per heavy atom. The van der Waals surface area contributed by atoms with Crippen LogP contribution in [-0.4, -0.2) is 5.91 Å². The van der Waals surface area contributed by atoms with Crippen LogP contribution in [0, 0.1) is 10.7 Å². The van der Waals surface area contributed by atoms with E-state index >= 15 is 0 Å². The molecule has 2 nitrogen and oxygen atoms in total. The summed E-state index contributed by atoms with van der Waals surface area (Å²) >= 11 is 5.68. The molecule has 5 heteroatoms. The Kier molecular flexibility index (Phi) is 4.24. The summed E-state index contributed by atoms with van der Waals surface area (Å²) in [6.07, 6.45) is 0. The van der Waals surface area contributed by atoms with Crippen LogP contribution in [0.4, 0.5) is 5.69 Å². The van der Waals surface area contributed by atoms with Crippen LogP contribution in [0.1, 0.15) is 34.6 Å². The molecule has 0 radical (unpaired) electrons. The van der Waals surface area contributed by atoms with E-state index in [4.69, 9.17) is 12.2 Å². The maximum atomic E-state index is 14.0. The zero-order valence-corrected chi connectivity index (χ0v) is 18.8. The van der Waals surface area contributed by atoms with Gasteiger partial charge in [0.2, 0.25) is 0 Å². The van der Waals surface area contributed by atoms with Gasteiger partial charge in [0, 0.05) is 16.7 Å². The topological polar surface area (TPSA) is 20.3 Å². The number of aryl methyl sites for hydroxylation is 1. The first-order chi connectivity index (χ1) is 13.9. The summed E-state index contributed by atoms with van der Waals surface area (Å²) in [5.41, 5.74) is 4.53. The monoisotopic (exact) mass is 433 g/mol. The lowest BCUT2D eigenvalue weighted by Crippen LogP contribution is -2.47. The van der Waals surface area contributed by atoms with Crippen LogP contribution < -0.4 is 4.90 Å². The predicted octanol–water partition coefficient (Wildman–Crippen LogP) is 7.56. The number of fused-ring (bicyclic) bond motifs is 4. The van der Waals surface area contributed by atoms with Crippen molar-refractivity contribution in [1.82, 2.24) is 0 Å². The molecule has 144 valence electrons. The molecule has 0 N–H and O–H groups in total. The Labute approximate surface area is 182 Å². The summed E-state index contributed by atoms with van der Waals surface area (Å²) in [6, 6.07) is 20.3. The van der Waals surface area contributed by atoms with Gasteiger partial charge in [-0.15, -0.1) is 0 Å². The summed E-state index contributed by atoms with van der Waals surface area (Å²) in [4.78, 5) is 17.1. The molecule has 0 saturated heterocycles. The van der Waals surface area contributed by atoms with Crippen molar-refractivity contribution in [3.8, 4) is 11.1 Å². The Morgan fingerprint density at radius 3 is 2.59 bits per heavy atom. The van der Waals surface area contributed by atoms with E-state index in [-0.39, 0.29) is 5.91 Å². The van der Waals surface area contributed by atoms with E-state index in [1.807, 2.05) is 47.4 Å². The van der Waals surface area contributed by atoms with Crippen LogP contribution in [0.3, 0.4) is 0 Å². The zero-order valence-electron chi connectivity index (χ0n) is 16.4. The van der Waals surface area contributed by atoms with Crippen LogP contribution in [0.25, 0.3) is 21.9 Å². The minimum atomic E-state index is -0.482. The van der Waals surface area contributed by atoms with Gasteiger partial charge in [0.1, 0.15) is 3.82 Å². The molecule has 1 aliphatic rings. The van der Waals surface area contributed by atoms with Crippen molar-refractivity contribution >= 4 is 55.3 Å². The number of nitrogens with zero attached hydrogens (tertiary/aromatic N) is 1. The summed E-state index contributed by atoms with van der Waals surface area (Å²) in [5, 5.41) is 2.05. The standard InChI is InChI=1S/C24H19NOS3/c1-14-11-12-19-18(13-14)20-21(28-29-23(20)27)24(2,3)25(19)22(26)17-10-6-8-15-7-4-5-9-16(15)17/h4-13H,1-3H3. The molecule has 1 amide bonds. The van der Waals surface area contributed by atoms with Crippen molar-refractivity contribution in [3.63, 3.8) is 0 Å². The number of rotatable bonds is 1. The van der Waals surface area contributed by atoms with Gasteiger partial charge in [-0.1, -0.05) is 80.9 Å². The second-order valence-electron chi connectivity index (χ2n) is 7.91. The van der Waals surface area contributed by atoms with Gasteiger partial charge >= 0.3 is 0 Å². The average Bonchev–Trinajstić information content (AvgIpc) is 3.10. The number of benzene rings is 3. The van der Waals surface area contributed by atoms with Crippen LogP contribution in [-0.2, 0) is 5.54 Å². The second kappa shape index (κ2) is 6.59. The fourth-order valence-corrected chi connectivity index (χ4v) is 7.52. The molecule has 4 aromatic rings. The second-order valence-corrected chi connectivity index (χ2v) is 10.7. The zero-order chi connectivity index (χ0) is 20.3. The van der Waals surface area contributed by atoms with E-state index in [2.05, 4.69) is 39.0 Å². The number of anilines is 1. The molecular weight excluding hydrogens is 414 g/mol. The first-order valence-electron chi connectivity index (χ1n) is 9.46. The third kappa shape index (κ3) is 2.72. The fourth-order valence-electron chi connectivity index (χ4n) is 4.24. The van der Waals surface area contributed by atoms with Gasteiger partial charge in [-0.25, -0.2) is 0 Å². The molecule has 1 aromatic heterocycles. The maximum Gasteiger partial charge on any atom is 0.259 e. The molecule has 0 saturated carbocycles. The van der Waals surface area contributed by atoms with Gasteiger partial charge in [0.05, 0.1) is 16.1 Å². The van der Waals surface area contributed by atoms with E-state index in [1.54, 1.807) is 20.7 Å². The quantitative estimate of drug-likeness (QED) is 0.228. The minimum absolute atomic E-state index is 0.0203. The molecule has 5 rings (SSSR count). The normalized spacial score (nSPS) is 14.5. The number of hydrogen-bond donors (Lipinski definition) is 0. The van der Waals surface area contributed by atoms with Crippen LogP contribution >= 0.6 is 32.9 Å². The summed E-state index contributed by atoms with van der Waals surface area (Å²) in [6.45, 7) is 6.32. The summed E-state index contributed by atoms with van der Waals surface area (Å²) in [5.74, 6) is 0.0203. The van der Waals surface area contributed by atoms with Crippen molar-refractivity contribution < 1.29 is 4.79 Å². The Bertz CT molecular complexity index is 1340. The fraction of sp³-hybridized carbons (Fsp3) is 0.167. The highest BCUT2D eigenvalue weighted by Gasteiger charge is 2.43. The molecular formula is C24H19NOS3. The molecule has 0 bridgehead atoms. The Morgan fingerprint density at radius 1 is 1.00 bits per heavy atom. The first kappa shape index (κ1) is 18.7. The summed E-state index contributed by atoms with van der Waals surface area (Å²) in [7, 11) is 3.31. The number of carbonyl (C=O) groups is 1. The van der Waals surface area contributed by atoms with Gasteiger partial charge in [-0.3, -0.25) is 9.69 Å². The van der Waals surface area contributed by atoms with Crippen molar-refractivity contribution in [3.05, 3.63) is 80.5 Å². The Hall–Kier alpha value is -2.34. The van der Waals surface area contributed by atoms with Crippen molar-refractivity contribution in [1.29, 1.82) is 0 Å². The molecule has 29 heavy (non-hydrogen) atoms. The number of amides is 1. The van der Waals surface area contributed by atoms with Crippen LogP contribution in [0.2, 0.25) is 0 Å². The SMILES string of the molecule is Cc1ccc2c(c1)-c1c(ssc1=S)C(C)(C)N2C(=O)c1cccc2ccccc12. The highest BCUT2D eigenvalue weighted by Crippen LogP contribution is 2.52. The maximum absolute atomic E-state index is 14.0. The molecule has 0 fully saturated rings. The lowest BCUT2D eigenvalue weighted by molar-refractivity contribution is 0.0963. The number of carbonyl (C=O) groups excluding carboxylic acids is 1. The Balaban J connectivity index is 1.79.